The van der Waals surface area contributed by atoms with Gasteiger partial charge in [-0.2, -0.15) is 0 Å². The Morgan fingerprint density at radius 3 is 2.89 bits per heavy atom. The number of likely N-dealkylation sites (tertiary alicyclic amines) is 1. The van der Waals surface area contributed by atoms with E-state index >= 15 is 0 Å². The molecule has 1 unspecified atom stereocenters. The minimum absolute atomic E-state index is 0.737. The molecule has 1 aliphatic heterocycles. The van der Waals surface area contributed by atoms with Crippen molar-refractivity contribution in [2.45, 2.75) is 24.9 Å². The average Bonchev–Trinajstić information content (AvgIpc) is 2.61. The number of benzene rings is 1. The molecule has 0 spiro atoms. The Kier molecular flexibility index (Phi) is 3.25. The van der Waals surface area contributed by atoms with E-state index in [4.69, 9.17) is 0 Å². The topological polar surface area (TPSA) is 36.4 Å². The van der Waals surface area contributed by atoms with Gasteiger partial charge in [-0.1, -0.05) is 24.3 Å². The predicted octanol–water partition coefficient (Wildman–Crippen LogP) is 2.54. The first kappa shape index (κ1) is 12.6. The van der Waals surface area contributed by atoms with Crippen LogP contribution in [0.3, 0.4) is 0 Å². The fraction of sp³-hybridized carbons (Fsp3) is 0.438. The third-order valence-electron chi connectivity index (χ3n) is 4.21. The molecule has 0 saturated carbocycles. The molecule has 100 valence electrons. The van der Waals surface area contributed by atoms with Gasteiger partial charge in [0, 0.05) is 29.9 Å². The van der Waals surface area contributed by atoms with E-state index in [2.05, 4.69) is 29.1 Å². The summed E-state index contributed by atoms with van der Waals surface area (Å²) in [4.78, 5) is 6.60. The molecule has 1 fully saturated rings. The minimum atomic E-state index is -0.737. The molecule has 2 aromatic rings. The molecule has 3 heteroatoms. The zero-order chi connectivity index (χ0) is 13.3. The summed E-state index contributed by atoms with van der Waals surface area (Å²) in [5.41, 5.74) is 0.249. The Labute approximate surface area is 113 Å². The maximum absolute atomic E-state index is 11.1. The van der Waals surface area contributed by atoms with Crippen LogP contribution in [-0.2, 0) is 5.60 Å². The van der Waals surface area contributed by atoms with Crippen LogP contribution in [0.25, 0.3) is 10.8 Å². The number of aromatic nitrogens is 1. The van der Waals surface area contributed by atoms with Crippen molar-refractivity contribution >= 4 is 10.8 Å². The smallest absolute Gasteiger partial charge is 0.0930 e. The minimum Gasteiger partial charge on any atom is -0.385 e. The molecule has 1 aromatic heterocycles. The van der Waals surface area contributed by atoms with Crippen LogP contribution in [-0.4, -0.2) is 35.1 Å². The number of pyridine rings is 1. The second-order valence-electron chi connectivity index (χ2n) is 5.60. The summed E-state index contributed by atoms with van der Waals surface area (Å²) in [6, 6.07) is 8.17. The van der Waals surface area contributed by atoms with Gasteiger partial charge in [0.25, 0.3) is 0 Å². The van der Waals surface area contributed by atoms with Gasteiger partial charge in [-0.25, -0.2) is 0 Å². The maximum atomic E-state index is 11.1. The standard InChI is InChI=1S/C16H20N2O/c1-18-9-4-7-16(19,8-10-18)15-12-17-11-13-5-2-3-6-14(13)15/h2-3,5-6,11-12,19H,4,7-10H2,1H3. The van der Waals surface area contributed by atoms with Gasteiger partial charge in [-0.05, 0) is 38.2 Å². The van der Waals surface area contributed by atoms with Crippen molar-refractivity contribution in [1.82, 2.24) is 9.88 Å². The van der Waals surface area contributed by atoms with Gasteiger partial charge in [0.2, 0.25) is 0 Å². The van der Waals surface area contributed by atoms with E-state index in [1.165, 1.54) is 0 Å². The van der Waals surface area contributed by atoms with Crippen LogP contribution in [0.1, 0.15) is 24.8 Å². The number of rotatable bonds is 1. The van der Waals surface area contributed by atoms with Crippen molar-refractivity contribution in [3.8, 4) is 0 Å². The zero-order valence-corrected chi connectivity index (χ0v) is 11.3. The highest BCUT2D eigenvalue weighted by molar-refractivity contribution is 5.85. The molecule has 1 saturated heterocycles. The van der Waals surface area contributed by atoms with Crippen LogP contribution in [0, 0.1) is 0 Å². The molecular weight excluding hydrogens is 236 g/mol. The van der Waals surface area contributed by atoms with Crippen molar-refractivity contribution in [2.24, 2.45) is 0 Å². The van der Waals surface area contributed by atoms with Crippen LogP contribution in [0.2, 0.25) is 0 Å². The largest absolute Gasteiger partial charge is 0.385 e. The van der Waals surface area contributed by atoms with Crippen molar-refractivity contribution in [2.75, 3.05) is 20.1 Å². The highest BCUT2D eigenvalue weighted by atomic mass is 16.3. The molecule has 0 bridgehead atoms. The van der Waals surface area contributed by atoms with Crippen LogP contribution in [0.5, 0.6) is 0 Å². The monoisotopic (exact) mass is 256 g/mol. The van der Waals surface area contributed by atoms with Crippen LogP contribution < -0.4 is 0 Å². The molecule has 1 aromatic carbocycles. The molecule has 1 atom stereocenters. The lowest BCUT2D eigenvalue weighted by Crippen LogP contribution is -2.28. The van der Waals surface area contributed by atoms with Crippen molar-refractivity contribution in [3.05, 3.63) is 42.2 Å². The Hall–Kier alpha value is -1.45. The highest BCUT2D eigenvalue weighted by Crippen LogP contribution is 2.36. The average molecular weight is 256 g/mol. The normalized spacial score (nSPS) is 25.4. The molecule has 3 nitrogen and oxygen atoms in total. The van der Waals surface area contributed by atoms with E-state index in [0.717, 1.165) is 48.7 Å². The van der Waals surface area contributed by atoms with Gasteiger partial charge >= 0.3 is 0 Å². The summed E-state index contributed by atoms with van der Waals surface area (Å²) in [7, 11) is 2.12. The molecule has 3 rings (SSSR count). The number of aliphatic hydroxyl groups is 1. The number of fused-ring (bicyclic) bond motifs is 1. The lowest BCUT2D eigenvalue weighted by atomic mass is 9.85. The van der Waals surface area contributed by atoms with Gasteiger partial charge in [0.05, 0.1) is 5.60 Å². The first-order valence-electron chi connectivity index (χ1n) is 6.93. The van der Waals surface area contributed by atoms with E-state index in [9.17, 15) is 5.11 Å². The second kappa shape index (κ2) is 4.91. The molecule has 0 aliphatic carbocycles. The summed E-state index contributed by atoms with van der Waals surface area (Å²) in [5.74, 6) is 0. The van der Waals surface area contributed by atoms with Gasteiger partial charge < -0.3 is 10.0 Å². The van der Waals surface area contributed by atoms with Crippen LogP contribution in [0.15, 0.2) is 36.7 Å². The van der Waals surface area contributed by atoms with E-state index in [1.807, 2.05) is 24.5 Å². The number of hydrogen-bond donors (Lipinski definition) is 1. The third-order valence-corrected chi connectivity index (χ3v) is 4.21. The second-order valence-corrected chi connectivity index (χ2v) is 5.60. The fourth-order valence-corrected chi connectivity index (χ4v) is 3.01. The van der Waals surface area contributed by atoms with Crippen molar-refractivity contribution in [1.29, 1.82) is 0 Å². The van der Waals surface area contributed by atoms with Crippen molar-refractivity contribution < 1.29 is 5.11 Å². The summed E-state index contributed by atoms with van der Waals surface area (Å²) in [5, 5.41) is 13.3. The predicted molar refractivity (Wildman–Crippen MR) is 77.0 cm³/mol. The SMILES string of the molecule is CN1CCCC(O)(c2cncc3ccccc23)CC1. The molecule has 1 aliphatic rings. The van der Waals surface area contributed by atoms with E-state index in [1.54, 1.807) is 0 Å². The highest BCUT2D eigenvalue weighted by Gasteiger charge is 2.32. The zero-order valence-electron chi connectivity index (χ0n) is 11.3. The lowest BCUT2D eigenvalue weighted by Gasteiger charge is -2.28. The molecule has 1 N–H and O–H groups in total. The number of hydrogen-bond acceptors (Lipinski definition) is 3. The first-order chi connectivity index (χ1) is 9.19. The Bertz CT molecular complexity index is 578. The molecule has 0 radical (unpaired) electrons. The summed E-state index contributed by atoms with van der Waals surface area (Å²) in [6.07, 6.45) is 6.32. The van der Waals surface area contributed by atoms with Gasteiger partial charge in [-0.3, -0.25) is 4.98 Å². The van der Waals surface area contributed by atoms with Crippen LogP contribution in [0.4, 0.5) is 0 Å². The van der Waals surface area contributed by atoms with E-state index in [-0.39, 0.29) is 0 Å². The first-order valence-corrected chi connectivity index (χ1v) is 6.93. The molecule has 2 heterocycles. The molecule has 0 amide bonds. The Balaban J connectivity index is 2.07. The Morgan fingerprint density at radius 1 is 1.16 bits per heavy atom. The van der Waals surface area contributed by atoms with E-state index < -0.39 is 5.60 Å². The summed E-state index contributed by atoms with van der Waals surface area (Å²) < 4.78 is 0. The van der Waals surface area contributed by atoms with Gasteiger partial charge in [0.15, 0.2) is 0 Å². The van der Waals surface area contributed by atoms with Gasteiger partial charge in [-0.15, -0.1) is 0 Å². The van der Waals surface area contributed by atoms with E-state index in [0.29, 0.717) is 0 Å². The lowest BCUT2D eigenvalue weighted by molar-refractivity contribution is 0.0230. The fourth-order valence-electron chi connectivity index (χ4n) is 3.01. The molecule has 19 heavy (non-hydrogen) atoms. The summed E-state index contributed by atoms with van der Waals surface area (Å²) in [6.45, 7) is 1.99. The van der Waals surface area contributed by atoms with Gasteiger partial charge in [0.1, 0.15) is 0 Å². The maximum Gasteiger partial charge on any atom is 0.0930 e. The quantitative estimate of drug-likeness (QED) is 0.852. The summed E-state index contributed by atoms with van der Waals surface area (Å²) >= 11 is 0. The Morgan fingerprint density at radius 2 is 2.00 bits per heavy atom. The third kappa shape index (κ3) is 2.36. The van der Waals surface area contributed by atoms with Crippen molar-refractivity contribution in [3.63, 3.8) is 0 Å². The van der Waals surface area contributed by atoms with Crippen LogP contribution >= 0.6 is 0 Å². The molecular formula is C16H20N2O. The number of nitrogens with zero attached hydrogens (tertiary/aromatic N) is 2.